The summed E-state index contributed by atoms with van der Waals surface area (Å²) in [6.45, 7) is 4.20. The molecule has 0 heterocycles. The van der Waals surface area contributed by atoms with E-state index in [0.29, 0.717) is 6.61 Å². The summed E-state index contributed by atoms with van der Waals surface area (Å²) < 4.78 is 5.44. The van der Waals surface area contributed by atoms with E-state index in [1.807, 2.05) is 32.0 Å². The van der Waals surface area contributed by atoms with Gasteiger partial charge in [0.15, 0.2) is 0 Å². The number of hydrogen-bond donors (Lipinski definition) is 2. The van der Waals surface area contributed by atoms with Crippen molar-refractivity contribution >= 4 is 5.91 Å². The monoisotopic (exact) mass is 222 g/mol. The normalized spacial score (nSPS) is 12.2. The standard InChI is InChI=1S/C12H18N2O2/c1-8-7-10(9(2)13)3-4-11(8)16-6-5-12(14)15/h3-4,7,9H,5-6,13H2,1-2H3,(H2,14,15)/t9-/m1/s1. The minimum atomic E-state index is -0.357. The second-order valence-corrected chi connectivity index (χ2v) is 3.88. The average molecular weight is 222 g/mol. The van der Waals surface area contributed by atoms with E-state index in [9.17, 15) is 4.79 Å². The summed E-state index contributed by atoms with van der Waals surface area (Å²) >= 11 is 0. The molecule has 0 saturated carbocycles. The van der Waals surface area contributed by atoms with Gasteiger partial charge in [0.1, 0.15) is 5.75 Å². The molecule has 0 aromatic heterocycles. The fourth-order valence-corrected chi connectivity index (χ4v) is 1.38. The summed E-state index contributed by atoms with van der Waals surface area (Å²) in [6, 6.07) is 5.80. The van der Waals surface area contributed by atoms with Gasteiger partial charge in [-0.05, 0) is 31.0 Å². The second kappa shape index (κ2) is 5.51. The van der Waals surface area contributed by atoms with Crippen molar-refractivity contribution in [2.75, 3.05) is 6.61 Å². The summed E-state index contributed by atoms with van der Waals surface area (Å²) in [5, 5.41) is 0. The Morgan fingerprint density at radius 2 is 2.19 bits per heavy atom. The second-order valence-electron chi connectivity index (χ2n) is 3.88. The highest BCUT2D eigenvalue weighted by molar-refractivity contribution is 5.73. The van der Waals surface area contributed by atoms with Crippen LogP contribution in [0.15, 0.2) is 18.2 Å². The van der Waals surface area contributed by atoms with Gasteiger partial charge >= 0.3 is 0 Å². The summed E-state index contributed by atoms with van der Waals surface area (Å²) in [4.78, 5) is 10.5. The van der Waals surface area contributed by atoms with Crippen LogP contribution in [0, 0.1) is 6.92 Å². The van der Waals surface area contributed by atoms with E-state index >= 15 is 0 Å². The highest BCUT2D eigenvalue weighted by Crippen LogP contribution is 2.21. The fraction of sp³-hybridized carbons (Fsp3) is 0.417. The first-order chi connectivity index (χ1) is 7.50. The number of amides is 1. The van der Waals surface area contributed by atoms with Crippen molar-refractivity contribution in [2.24, 2.45) is 11.5 Å². The van der Waals surface area contributed by atoms with Gasteiger partial charge in [-0.3, -0.25) is 4.79 Å². The van der Waals surface area contributed by atoms with Crippen LogP contribution in [0.5, 0.6) is 5.75 Å². The predicted molar refractivity (Wildman–Crippen MR) is 63.1 cm³/mol. The van der Waals surface area contributed by atoms with Crippen molar-refractivity contribution in [3.05, 3.63) is 29.3 Å². The third-order valence-corrected chi connectivity index (χ3v) is 2.33. The number of hydrogen-bond acceptors (Lipinski definition) is 3. The minimum absolute atomic E-state index is 0.0124. The quantitative estimate of drug-likeness (QED) is 0.787. The molecule has 0 unspecified atom stereocenters. The van der Waals surface area contributed by atoms with Crippen LogP contribution < -0.4 is 16.2 Å². The zero-order valence-corrected chi connectivity index (χ0v) is 9.69. The smallest absolute Gasteiger partial charge is 0.220 e. The molecule has 0 aliphatic carbocycles. The van der Waals surface area contributed by atoms with Crippen LogP contribution in [0.3, 0.4) is 0 Å². The molecule has 0 aliphatic rings. The van der Waals surface area contributed by atoms with Crippen molar-refractivity contribution in [3.8, 4) is 5.75 Å². The highest BCUT2D eigenvalue weighted by atomic mass is 16.5. The van der Waals surface area contributed by atoms with Crippen molar-refractivity contribution < 1.29 is 9.53 Å². The molecular formula is C12H18N2O2. The molecule has 1 atom stereocenters. The Hall–Kier alpha value is -1.55. The summed E-state index contributed by atoms with van der Waals surface area (Å²) in [7, 11) is 0. The predicted octanol–water partition coefficient (Wildman–Crippen LogP) is 1.27. The molecule has 88 valence electrons. The van der Waals surface area contributed by atoms with Gasteiger partial charge in [-0.15, -0.1) is 0 Å². The Morgan fingerprint density at radius 3 is 2.69 bits per heavy atom. The molecule has 0 fully saturated rings. The third-order valence-electron chi connectivity index (χ3n) is 2.33. The Bertz CT molecular complexity index is 375. The topological polar surface area (TPSA) is 78.3 Å². The van der Waals surface area contributed by atoms with Crippen molar-refractivity contribution in [3.63, 3.8) is 0 Å². The first-order valence-corrected chi connectivity index (χ1v) is 5.28. The molecule has 4 N–H and O–H groups in total. The number of ether oxygens (including phenoxy) is 1. The zero-order chi connectivity index (χ0) is 12.1. The van der Waals surface area contributed by atoms with Gasteiger partial charge in [0.2, 0.25) is 5.91 Å². The maximum atomic E-state index is 10.5. The lowest BCUT2D eigenvalue weighted by Crippen LogP contribution is -2.15. The Labute approximate surface area is 95.6 Å². The molecular weight excluding hydrogens is 204 g/mol. The maximum absolute atomic E-state index is 10.5. The van der Waals surface area contributed by atoms with Crippen molar-refractivity contribution in [1.29, 1.82) is 0 Å². The molecule has 4 heteroatoms. The largest absolute Gasteiger partial charge is 0.493 e. The lowest BCUT2D eigenvalue weighted by Gasteiger charge is -2.11. The first kappa shape index (κ1) is 12.5. The summed E-state index contributed by atoms with van der Waals surface area (Å²) in [5.41, 5.74) is 12.9. The van der Waals surface area contributed by atoms with Crippen molar-refractivity contribution in [2.45, 2.75) is 26.3 Å². The van der Waals surface area contributed by atoms with Crippen LogP contribution >= 0.6 is 0 Å². The molecule has 0 spiro atoms. The highest BCUT2D eigenvalue weighted by Gasteiger charge is 2.04. The van der Waals surface area contributed by atoms with Gasteiger partial charge in [0, 0.05) is 6.04 Å². The van der Waals surface area contributed by atoms with E-state index in [0.717, 1.165) is 16.9 Å². The van der Waals surface area contributed by atoms with E-state index in [1.54, 1.807) is 0 Å². The summed E-state index contributed by atoms with van der Waals surface area (Å²) in [5.74, 6) is 0.413. The number of aryl methyl sites for hydroxylation is 1. The van der Waals surface area contributed by atoms with Crippen LogP contribution in [0.2, 0.25) is 0 Å². The van der Waals surface area contributed by atoms with Crippen LogP contribution in [-0.2, 0) is 4.79 Å². The van der Waals surface area contributed by atoms with Crippen molar-refractivity contribution in [1.82, 2.24) is 0 Å². The van der Waals surface area contributed by atoms with Gasteiger partial charge in [-0.25, -0.2) is 0 Å². The van der Waals surface area contributed by atoms with E-state index < -0.39 is 0 Å². The molecule has 4 nitrogen and oxygen atoms in total. The molecule has 0 saturated heterocycles. The number of carbonyl (C=O) groups is 1. The lowest BCUT2D eigenvalue weighted by molar-refractivity contribution is -0.118. The van der Waals surface area contributed by atoms with Crippen LogP contribution in [0.25, 0.3) is 0 Å². The van der Waals surface area contributed by atoms with E-state index in [4.69, 9.17) is 16.2 Å². The molecule has 16 heavy (non-hydrogen) atoms. The maximum Gasteiger partial charge on any atom is 0.220 e. The Kier molecular flexibility index (Phi) is 4.31. The molecule has 1 aromatic carbocycles. The van der Waals surface area contributed by atoms with E-state index in [1.165, 1.54) is 0 Å². The number of primary amides is 1. The van der Waals surface area contributed by atoms with Crippen LogP contribution in [0.4, 0.5) is 0 Å². The zero-order valence-electron chi connectivity index (χ0n) is 9.69. The molecule has 0 radical (unpaired) electrons. The molecule has 1 rings (SSSR count). The third kappa shape index (κ3) is 3.55. The first-order valence-electron chi connectivity index (χ1n) is 5.28. The Morgan fingerprint density at radius 1 is 1.50 bits per heavy atom. The lowest BCUT2D eigenvalue weighted by atomic mass is 10.1. The fourth-order valence-electron chi connectivity index (χ4n) is 1.38. The SMILES string of the molecule is Cc1cc([C@@H](C)N)ccc1OCCC(N)=O. The van der Waals surface area contributed by atoms with Crippen LogP contribution in [0.1, 0.15) is 30.5 Å². The Balaban J connectivity index is 2.64. The summed E-state index contributed by atoms with van der Waals surface area (Å²) in [6.07, 6.45) is 0.231. The van der Waals surface area contributed by atoms with E-state index in [-0.39, 0.29) is 18.4 Å². The van der Waals surface area contributed by atoms with Gasteiger partial charge < -0.3 is 16.2 Å². The van der Waals surface area contributed by atoms with E-state index in [2.05, 4.69) is 0 Å². The van der Waals surface area contributed by atoms with Crippen LogP contribution in [-0.4, -0.2) is 12.5 Å². The number of carbonyl (C=O) groups excluding carboxylic acids is 1. The number of nitrogens with two attached hydrogens (primary N) is 2. The average Bonchev–Trinajstić information content (AvgIpc) is 2.19. The van der Waals surface area contributed by atoms with Gasteiger partial charge in [-0.1, -0.05) is 12.1 Å². The van der Waals surface area contributed by atoms with Gasteiger partial charge in [0.05, 0.1) is 13.0 Å². The van der Waals surface area contributed by atoms with Gasteiger partial charge in [-0.2, -0.15) is 0 Å². The molecule has 1 aromatic rings. The van der Waals surface area contributed by atoms with Gasteiger partial charge in [0.25, 0.3) is 0 Å². The molecule has 1 amide bonds. The number of benzene rings is 1. The molecule has 0 aliphatic heterocycles. The minimum Gasteiger partial charge on any atom is -0.493 e. The molecule has 0 bridgehead atoms. The number of rotatable bonds is 5.